The topological polar surface area (TPSA) is 64.3 Å². The molecule has 6 nitrogen and oxygen atoms in total. The Morgan fingerprint density at radius 2 is 2.20 bits per heavy atom. The Hall–Kier alpha value is -1.05. The summed E-state index contributed by atoms with van der Waals surface area (Å²) in [5, 5.41) is 18.0. The molecule has 2 fully saturated rings. The Labute approximate surface area is 121 Å². The van der Waals surface area contributed by atoms with Gasteiger partial charge >= 0.3 is 0 Å². The fourth-order valence-electron chi connectivity index (χ4n) is 3.05. The summed E-state index contributed by atoms with van der Waals surface area (Å²) in [6.45, 7) is 5.26. The van der Waals surface area contributed by atoms with E-state index in [2.05, 4.69) is 22.4 Å². The second-order valence-corrected chi connectivity index (χ2v) is 6.93. The summed E-state index contributed by atoms with van der Waals surface area (Å²) in [7, 11) is 0. The molecule has 0 spiro atoms. The molecule has 0 bridgehead atoms. The molecule has 0 aliphatic carbocycles. The normalized spacial score (nSPS) is 26.4. The van der Waals surface area contributed by atoms with E-state index >= 15 is 0 Å². The van der Waals surface area contributed by atoms with E-state index in [-0.39, 0.29) is 11.5 Å². The van der Waals surface area contributed by atoms with Gasteiger partial charge in [-0.05, 0) is 38.8 Å². The second kappa shape index (κ2) is 4.75. The number of nitrogens with one attached hydrogen (secondary N) is 1. The Kier molecular flexibility index (Phi) is 3.01. The molecule has 1 unspecified atom stereocenters. The summed E-state index contributed by atoms with van der Waals surface area (Å²) in [5.41, 5.74) is 0.171. The first-order chi connectivity index (χ1) is 9.76. The first kappa shape index (κ1) is 12.7. The molecule has 4 rings (SSSR count). The lowest BCUT2D eigenvalue weighted by atomic mass is 9.82. The van der Waals surface area contributed by atoms with E-state index in [0.29, 0.717) is 0 Å². The third-order valence-corrected chi connectivity index (χ3v) is 5.66. The van der Waals surface area contributed by atoms with Crippen LogP contribution in [0, 0.1) is 0 Å². The molecule has 4 heterocycles. The van der Waals surface area contributed by atoms with E-state index in [1.807, 2.05) is 4.52 Å². The van der Waals surface area contributed by atoms with Gasteiger partial charge in [-0.25, -0.2) is 0 Å². The molecule has 2 aliphatic rings. The molecule has 7 heteroatoms. The molecule has 0 radical (unpaired) electrons. The zero-order valence-electron chi connectivity index (χ0n) is 11.6. The van der Waals surface area contributed by atoms with Crippen molar-refractivity contribution >= 4 is 16.3 Å². The van der Waals surface area contributed by atoms with E-state index in [4.69, 9.17) is 9.84 Å². The molecule has 2 aromatic heterocycles. The van der Waals surface area contributed by atoms with Crippen molar-refractivity contribution in [2.75, 3.05) is 19.7 Å². The van der Waals surface area contributed by atoms with Crippen molar-refractivity contribution in [2.24, 2.45) is 0 Å². The predicted molar refractivity (Wildman–Crippen MR) is 76.0 cm³/mol. The van der Waals surface area contributed by atoms with Crippen LogP contribution in [0.1, 0.15) is 49.5 Å². The molecule has 1 atom stereocenters. The van der Waals surface area contributed by atoms with Crippen LogP contribution < -0.4 is 5.32 Å². The van der Waals surface area contributed by atoms with E-state index in [1.54, 1.807) is 11.3 Å². The van der Waals surface area contributed by atoms with Crippen molar-refractivity contribution in [2.45, 2.75) is 44.1 Å². The number of aromatic nitrogens is 4. The summed E-state index contributed by atoms with van der Waals surface area (Å²) in [6.07, 6.45) is 4.45. The van der Waals surface area contributed by atoms with E-state index < -0.39 is 0 Å². The molecule has 108 valence electrons. The molecule has 20 heavy (non-hydrogen) atoms. The third kappa shape index (κ3) is 1.96. The molecule has 1 N–H and O–H groups in total. The average molecular weight is 293 g/mol. The van der Waals surface area contributed by atoms with E-state index in [9.17, 15) is 0 Å². The summed E-state index contributed by atoms with van der Waals surface area (Å²) in [4.78, 5) is 0.894. The SMILES string of the molecule is CC1(c2nn3c(C4CCCO4)nnc3s2)CCNCC1. The van der Waals surface area contributed by atoms with E-state index in [0.717, 1.165) is 56.2 Å². The second-order valence-electron chi connectivity index (χ2n) is 5.97. The zero-order valence-corrected chi connectivity index (χ0v) is 12.4. The smallest absolute Gasteiger partial charge is 0.234 e. The molecule has 0 saturated carbocycles. The molecule has 0 amide bonds. The van der Waals surface area contributed by atoms with Crippen LogP contribution in [0.4, 0.5) is 0 Å². The van der Waals surface area contributed by atoms with Gasteiger partial charge in [-0.1, -0.05) is 18.3 Å². The van der Waals surface area contributed by atoms with Crippen LogP contribution in [0.25, 0.3) is 4.96 Å². The summed E-state index contributed by atoms with van der Waals surface area (Å²) < 4.78 is 7.62. The van der Waals surface area contributed by atoms with Crippen LogP contribution >= 0.6 is 11.3 Å². The third-order valence-electron chi connectivity index (χ3n) is 4.46. The van der Waals surface area contributed by atoms with E-state index in [1.165, 1.54) is 5.01 Å². The first-order valence-corrected chi connectivity index (χ1v) is 8.13. The number of fused-ring (bicyclic) bond motifs is 1. The molecular weight excluding hydrogens is 274 g/mol. The maximum Gasteiger partial charge on any atom is 0.234 e. The van der Waals surface area contributed by atoms with Gasteiger partial charge in [0.15, 0.2) is 5.82 Å². The summed E-state index contributed by atoms with van der Waals surface area (Å²) in [5.74, 6) is 0.873. The predicted octanol–water partition coefficient (Wildman–Crippen LogP) is 1.68. The molecule has 0 aromatic carbocycles. The monoisotopic (exact) mass is 293 g/mol. The summed E-state index contributed by atoms with van der Waals surface area (Å²) in [6, 6.07) is 0. The van der Waals surface area contributed by atoms with Crippen molar-refractivity contribution < 1.29 is 4.74 Å². The minimum absolute atomic E-state index is 0.0702. The zero-order chi connectivity index (χ0) is 13.6. The van der Waals surface area contributed by atoms with Crippen LogP contribution in [-0.4, -0.2) is 39.5 Å². The minimum atomic E-state index is 0.0702. The van der Waals surface area contributed by atoms with Gasteiger partial charge in [0, 0.05) is 12.0 Å². The van der Waals surface area contributed by atoms with Crippen LogP contribution in [0.5, 0.6) is 0 Å². The van der Waals surface area contributed by atoms with Gasteiger partial charge in [-0.15, -0.1) is 10.2 Å². The number of nitrogens with zero attached hydrogens (tertiary/aromatic N) is 4. The lowest BCUT2D eigenvalue weighted by molar-refractivity contribution is 0.103. The highest BCUT2D eigenvalue weighted by Crippen LogP contribution is 2.36. The maximum absolute atomic E-state index is 5.72. The van der Waals surface area contributed by atoms with Crippen molar-refractivity contribution in [3.05, 3.63) is 10.8 Å². The average Bonchev–Trinajstić information content (AvgIpc) is 3.15. The molecule has 2 aromatic rings. The van der Waals surface area contributed by atoms with Crippen molar-refractivity contribution in [1.29, 1.82) is 0 Å². The van der Waals surface area contributed by atoms with Gasteiger partial charge < -0.3 is 10.1 Å². The lowest BCUT2D eigenvalue weighted by Gasteiger charge is -2.31. The standard InChI is InChI=1S/C13H19N5OS/c1-13(4-6-14-7-5-13)11-17-18-10(9-3-2-8-19-9)15-16-12(18)20-11/h9,14H,2-8H2,1H3. The van der Waals surface area contributed by atoms with Gasteiger partial charge in [0.2, 0.25) is 4.96 Å². The number of ether oxygens (including phenoxy) is 1. The Bertz CT molecular complexity index is 609. The quantitative estimate of drug-likeness (QED) is 0.912. The highest BCUT2D eigenvalue weighted by molar-refractivity contribution is 7.16. The van der Waals surface area contributed by atoms with Crippen molar-refractivity contribution in [1.82, 2.24) is 25.1 Å². The fourth-order valence-corrected chi connectivity index (χ4v) is 4.10. The van der Waals surface area contributed by atoms with Gasteiger partial charge in [0.05, 0.1) is 0 Å². The number of hydrogen-bond acceptors (Lipinski definition) is 6. The maximum atomic E-state index is 5.72. The largest absolute Gasteiger partial charge is 0.370 e. The molecule has 2 aliphatic heterocycles. The van der Waals surface area contributed by atoms with Crippen LogP contribution in [0.15, 0.2) is 0 Å². The minimum Gasteiger partial charge on any atom is -0.370 e. The number of rotatable bonds is 2. The van der Waals surface area contributed by atoms with Gasteiger partial charge in [-0.3, -0.25) is 0 Å². The highest BCUT2D eigenvalue weighted by atomic mass is 32.1. The summed E-state index contributed by atoms with van der Waals surface area (Å²) >= 11 is 1.68. The van der Waals surface area contributed by atoms with Crippen molar-refractivity contribution in [3.8, 4) is 0 Å². The van der Waals surface area contributed by atoms with Crippen molar-refractivity contribution in [3.63, 3.8) is 0 Å². The lowest BCUT2D eigenvalue weighted by Crippen LogP contribution is -2.37. The Morgan fingerprint density at radius 1 is 1.35 bits per heavy atom. The van der Waals surface area contributed by atoms with Gasteiger partial charge in [0.1, 0.15) is 11.1 Å². The van der Waals surface area contributed by atoms with Gasteiger partial charge in [0.25, 0.3) is 0 Å². The first-order valence-electron chi connectivity index (χ1n) is 7.31. The molecule has 2 saturated heterocycles. The van der Waals surface area contributed by atoms with Crippen LogP contribution in [-0.2, 0) is 10.2 Å². The number of hydrogen-bond donors (Lipinski definition) is 1. The Morgan fingerprint density at radius 3 is 2.95 bits per heavy atom. The fraction of sp³-hybridized carbons (Fsp3) is 0.769. The van der Waals surface area contributed by atoms with Crippen LogP contribution in [0.2, 0.25) is 0 Å². The van der Waals surface area contributed by atoms with Crippen LogP contribution in [0.3, 0.4) is 0 Å². The number of piperidine rings is 1. The molecular formula is C13H19N5OS. The Balaban J connectivity index is 1.71. The highest BCUT2D eigenvalue weighted by Gasteiger charge is 2.34. The van der Waals surface area contributed by atoms with Gasteiger partial charge in [-0.2, -0.15) is 9.61 Å².